The number of carbonyl (C=O) groups is 4. The number of aromatic nitrogens is 2. The predicted molar refractivity (Wildman–Crippen MR) is 122 cm³/mol. The van der Waals surface area contributed by atoms with Crippen LogP contribution in [0.2, 0.25) is 0 Å². The second-order valence-electron chi connectivity index (χ2n) is 6.85. The number of carbonyl (C=O) groups excluding carboxylic acids is 2. The molecule has 3 N–H and O–H groups in total. The van der Waals surface area contributed by atoms with Crippen molar-refractivity contribution in [3.63, 3.8) is 0 Å². The first-order valence-corrected chi connectivity index (χ1v) is 12.4. The second kappa shape index (κ2) is 13.0. The molecule has 1 aliphatic rings. The average Bonchev–Trinajstić information content (AvgIpc) is 3.33. The number of hydrogen-bond donors (Lipinski definition) is 3. The molecule has 10 nitrogen and oxygen atoms in total. The molecular formula is C20H21F3N4O6S2. The van der Waals surface area contributed by atoms with Crippen LogP contribution >= 0.6 is 21.6 Å². The standard InChI is InChI=1S/C18H20N4O4S2.C2HF3O2/c23-16(19-7-9-28-27-8-6-17(24)25)12-21-11-15-14(18(21)26)10-20-22(15)13-4-2-1-3-5-13;3-2(4,5)1(6)7/h1-5,10H,6-9,11-12H2,(H,19,23)(H,24,25);(H,6,7). The Hall–Kier alpha value is -3.20. The number of halogens is 3. The summed E-state index contributed by atoms with van der Waals surface area (Å²) < 4.78 is 33.5. The molecule has 1 aromatic carbocycles. The smallest absolute Gasteiger partial charge is 0.481 e. The lowest BCUT2D eigenvalue weighted by Gasteiger charge is -2.16. The first-order valence-electron chi connectivity index (χ1n) is 9.95. The van der Waals surface area contributed by atoms with Crippen molar-refractivity contribution in [3.8, 4) is 5.69 Å². The number of nitrogens with one attached hydrogen (secondary N) is 1. The summed E-state index contributed by atoms with van der Waals surface area (Å²) in [5.41, 5.74) is 2.19. The van der Waals surface area contributed by atoms with Gasteiger partial charge in [-0.2, -0.15) is 18.3 Å². The van der Waals surface area contributed by atoms with E-state index < -0.39 is 18.1 Å². The SMILES string of the molecule is O=C(O)C(F)(F)F.O=C(O)CCSSCCNC(=O)CN1Cc2c(cnn2-c2ccccc2)C1=O. The molecule has 0 spiro atoms. The van der Waals surface area contributed by atoms with Gasteiger partial charge in [-0.15, -0.1) is 0 Å². The van der Waals surface area contributed by atoms with Crippen molar-refractivity contribution in [2.24, 2.45) is 0 Å². The fourth-order valence-corrected chi connectivity index (χ4v) is 4.64. The van der Waals surface area contributed by atoms with E-state index >= 15 is 0 Å². The lowest BCUT2D eigenvalue weighted by Crippen LogP contribution is -2.38. The molecule has 15 heteroatoms. The molecule has 0 radical (unpaired) electrons. The third-order valence-corrected chi connectivity index (χ3v) is 6.70. The van der Waals surface area contributed by atoms with E-state index in [1.165, 1.54) is 26.5 Å². The van der Waals surface area contributed by atoms with Crippen LogP contribution in [0, 0.1) is 0 Å². The molecule has 3 rings (SSSR count). The van der Waals surface area contributed by atoms with E-state index in [4.69, 9.17) is 15.0 Å². The summed E-state index contributed by atoms with van der Waals surface area (Å²) in [6.07, 6.45) is -3.41. The molecule has 2 amide bonds. The van der Waals surface area contributed by atoms with Crippen molar-refractivity contribution in [1.29, 1.82) is 0 Å². The highest BCUT2D eigenvalue weighted by molar-refractivity contribution is 8.76. The molecular weight excluding hydrogens is 513 g/mol. The number of benzene rings is 1. The van der Waals surface area contributed by atoms with Crippen LogP contribution in [0.15, 0.2) is 36.5 Å². The molecule has 0 fully saturated rings. The van der Waals surface area contributed by atoms with Gasteiger partial charge in [0.15, 0.2) is 0 Å². The minimum absolute atomic E-state index is 0.000866. The average molecular weight is 535 g/mol. The summed E-state index contributed by atoms with van der Waals surface area (Å²) >= 11 is 0. The molecule has 2 heterocycles. The zero-order chi connectivity index (χ0) is 26.0. The highest BCUT2D eigenvalue weighted by atomic mass is 33.1. The number of alkyl halides is 3. The Morgan fingerprint density at radius 2 is 1.71 bits per heavy atom. The molecule has 0 aliphatic carbocycles. The molecule has 2 aromatic rings. The van der Waals surface area contributed by atoms with Crippen molar-refractivity contribution in [2.45, 2.75) is 19.1 Å². The van der Waals surface area contributed by atoms with E-state index in [0.717, 1.165) is 11.4 Å². The summed E-state index contributed by atoms with van der Waals surface area (Å²) in [5.74, 6) is -2.76. The van der Waals surface area contributed by atoms with Crippen LogP contribution in [0.25, 0.3) is 5.69 Å². The van der Waals surface area contributed by atoms with Gasteiger partial charge in [-0.1, -0.05) is 39.8 Å². The van der Waals surface area contributed by atoms with Crippen molar-refractivity contribution >= 4 is 45.3 Å². The zero-order valence-corrected chi connectivity index (χ0v) is 19.7. The molecule has 0 atom stereocenters. The van der Waals surface area contributed by atoms with Crippen LogP contribution in [0.4, 0.5) is 13.2 Å². The number of carboxylic acids is 2. The van der Waals surface area contributed by atoms with Crippen LogP contribution < -0.4 is 5.32 Å². The maximum absolute atomic E-state index is 12.5. The van der Waals surface area contributed by atoms with Crippen LogP contribution in [0.5, 0.6) is 0 Å². The Balaban J connectivity index is 0.000000540. The van der Waals surface area contributed by atoms with E-state index in [0.29, 0.717) is 30.2 Å². The number of nitrogens with zero attached hydrogens (tertiary/aromatic N) is 3. The van der Waals surface area contributed by atoms with Crippen molar-refractivity contribution < 1.29 is 42.6 Å². The first kappa shape index (κ1) is 28.0. The Morgan fingerprint density at radius 3 is 2.31 bits per heavy atom. The number of para-hydroxylation sites is 1. The Bertz CT molecular complexity index is 1050. The maximum atomic E-state index is 12.5. The summed E-state index contributed by atoms with van der Waals surface area (Å²) in [6.45, 7) is 0.811. The monoisotopic (exact) mass is 534 g/mol. The van der Waals surface area contributed by atoms with Gasteiger partial charge in [-0.05, 0) is 12.1 Å². The quantitative estimate of drug-likeness (QED) is 0.309. The number of amides is 2. The van der Waals surface area contributed by atoms with Gasteiger partial charge in [0.1, 0.15) is 6.54 Å². The minimum atomic E-state index is -5.08. The lowest BCUT2D eigenvalue weighted by atomic mass is 10.2. The summed E-state index contributed by atoms with van der Waals surface area (Å²) in [6, 6.07) is 9.56. The van der Waals surface area contributed by atoms with Crippen LogP contribution in [-0.4, -0.2) is 79.4 Å². The van der Waals surface area contributed by atoms with Crippen molar-refractivity contribution in [3.05, 3.63) is 47.8 Å². The van der Waals surface area contributed by atoms with Crippen LogP contribution in [0.3, 0.4) is 0 Å². The molecule has 0 saturated carbocycles. The van der Waals surface area contributed by atoms with Gasteiger partial charge in [-0.25, -0.2) is 9.48 Å². The Labute approximate surface area is 205 Å². The third-order valence-electron chi connectivity index (χ3n) is 4.30. The summed E-state index contributed by atoms with van der Waals surface area (Å²) in [7, 11) is 2.99. The highest BCUT2D eigenvalue weighted by Gasteiger charge is 2.38. The topological polar surface area (TPSA) is 142 Å². The first-order chi connectivity index (χ1) is 16.5. The molecule has 35 heavy (non-hydrogen) atoms. The van der Waals surface area contributed by atoms with E-state index in [-0.39, 0.29) is 24.8 Å². The van der Waals surface area contributed by atoms with Crippen molar-refractivity contribution in [2.75, 3.05) is 24.6 Å². The molecule has 0 saturated heterocycles. The predicted octanol–water partition coefficient (Wildman–Crippen LogP) is 2.43. The molecule has 1 aliphatic heterocycles. The zero-order valence-electron chi connectivity index (χ0n) is 18.0. The number of fused-ring (bicyclic) bond motifs is 1. The van der Waals surface area contributed by atoms with Crippen molar-refractivity contribution in [1.82, 2.24) is 20.0 Å². The molecule has 1 aromatic heterocycles. The van der Waals surface area contributed by atoms with Gasteiger partial charge in [0.05, 0.1) is 36.1 Å². The fourth-order valence-electron chi connectivity index (χ4n) is 2.76. The van der Waals surface area contributed by atoms with Crippen LogP contribution in [0.1, 0.15) is 22.5 Å². The van der Waals surface area contributed by atoms with Gasteiger partial charge < -0.3 is 20.4 Å². The normalized spacial score (nSPS) is 12.5. The number of carboxylic acid groups (broad SMARTS) is 2. The Morgan fingerprint density at radius 1 is 1.09 bits per heavy atom. The second-order valence-corrected chi connectivity index (χ2v) is 9.56. The van der Waals surface area contributed by atoms with Gasteiger partial charge >= 0.3 is 18.1 Å². The Kier molecular flexibility index (Phi) is 10.4. The van der Waals surface area contributed by atoms with E-state index in [2.05, 4.69) is 10.4 Å². The van der Waals surface area contributed by atoms with E-state index in [1.54, 1.807) is 10.9 Å². The minimum Gasteiger partial charge on any atom is -0.481 e. The van der Waals surface area contributed by atoms with E-state index in [1.807, 2.05) is 30.3 Å². The largest absolute Gasteiger partial charge is 0.490 e. The van der Waals surface area contributed by atoms with Crippen LogP contribution in [-0.2, 0) is 20.9 Å². The van der Waals surface area contributed by atoms with E-state index in [9.17, 15) is 27.6 Å². The highest BCUT2D eigenvalue weighted by Crippen LogP contribution is 2.25. The van der Waals surface area contributed by atoms with Gasteiger partial charge in [0, 0.05) is 18.1 Å². The number of rotatable bonds is 10. The summed E-state index contributed by atoms with van der Waals surface area (Å²) in [4.78, 5) is 45.5. The van der Waals surface area contributed by atoms with Gasteiger partial charge in [0.2, 0.25) is 5.91 Å². The molecule has 190 valence electrons. The maximum Gasteiger partial charge on any atom is 0.490 e. The third kappa shape index (κ3) is 8.83. The summed E-state index contributed by atoms with van der Waals surface area (Å²) in [5, 5.41) is 22.8. The number of aliphatic carboxylic acids is 2. The van der Waals surface area contributed by atoms with Gasteiger partial charge in [-0.3, -0.25) is 14.4 Å². The fraction of sp³-hybridized carbons (Fsp3) is 0.350. The molecule has 0 unspecified atom stereocenters. The molecule has 0 bridgehead atoms. The lowest BCUT2D eigenvalue weighted by molar-refractivity contribution is -0.192. The number of hydrogen-bond acceptors (Lipinski definition) is 7. The van der Waals surface area contributed by atoms with Gasteiger partial charge in [0.25, 0.3) is 5.91 Å².